The zero-order valence-corrected chi connectivity index (χ0v) is 12.9. The fourth-order valence-electron chi connectivity index (χ4n) is 1.64. The standard InChI is InChI=1S/C15H21ClN2O3/c1-2-3-11-18(14(19)9-10-16)17-15(20)21-12-13-7-5-4-6-8-13/h4-8H,2-3,9-12H2,1H3,(H,17,20). The van der Waals surface area contributed by atoms with E-state index in [2.05, 4.69) is 5.43 Å². The lowest BCUT2D eigenvalue weighted by molar-refractivity contribution is -0.133. The molecule has 0 heterocycles. The maximum absolute atomic E-state index is 11.8. The Balaban J connectivity index is 2.45. The number of rotatable bonds is 7. The number of ether oxygens (including phenoxy) is 1. The van der Waals surface area contributed by atoms with Crippen LogP contribution in [-0.2, 0) is 16.1 Å². The number of unbranched alkanes of at least 4 members (excludes halogenated alkanes) is 1. The molecule has 2 amide bonds. The summed E-state index contributed by atoms with van der Waals surface area (Å²) in [5, 5.41) is 1.28. The van der Waals surface area contributed by atoms with E-state index in [-0.39, 0.29) is 24.8 Å². The number of nitrogens with zero attached hydrogens (tertiary/aromatic N) is 1. The lowest BCUT2D eigenvalue weighted by atomic mass is 10.2. The fraction of sp³-hybridized carbons (Fsp3) is 0.467. The van der Waals surface area contributed by atoms with E-state index in [0.29, 0.717) is 6.54 Å². The Morgan fingerprint density at radius 1 is 1.29 bits per heavy atom. The van der Waals surface area contributed by atoms with E-state index < -0.39 is 6.09 Å². The largest absolute Gasteiger partial charge is 0.443 e. The van der Waals surface area contributed by atoms with Crippen LogP contribution in [0.2, 0.25) is 0 Å². The molecule has 116 valence electrons. The molecule has 0 radical (unpaired) electrons. The molecule has 0 saturated heterocycles. The number of hydrazine groups is 1. The van der Waals surface area contributed by atoms with Crippen LogP contribution < -0.4 is 5.43 Å². The molecule has 0 aliphatic heterocycles. The zero-order valence-electron chi connectivity index (χ0n) is 12.2. The van der Waals surface area contributed by atoms with Gasteiger partial charge in [0.25, 0.3) is 0 Å². The minimum atomic E-state index is -0.641. The minimum absolute atomic E-state index is 0.165. The van der Waals surface area contributed by atoms with E-state index in [1.165, 1.54) is 5.01 Å². The quantitative estimate of drug-likeness (QED) is 0.622. The van der Waals surface area contributed by atoms with Crippen molar-refractivity contribution in [2.45, 2.75) is 32.8 Å². The molecule has 5 nitrogen and oxygen atoms in total. The number of halogens is 1. The number of hydrogen-bond donors (Lipinski definition) is 1. The molecule has 0 aromatic heterocycles. The van der Waals surface area contributed by atoms with Gasteiger partial charge < -0.3 is 4.74 Å². The third kappa shape index (κ3) is 6.99. The summed E-state index contributed by atoms with van der Waals surface area (Å²) in [4.78, 5) is 23.6. The Morgan fingerprint density at radius 2 is 2.00 bits per heavy atom. The number of alkyl halides is 1. The summed E-state index contributed by atoms with van der Waals surface area (Å²) in [6.07, 6.45) is 1.26. The van der Waals surface area contributed by atoms with Crippen molar-refractivity contribution in [1.82, 2.24) is 10.4 Å². The smallest absolute Gasteiger partial charge is 0.426 e. The average molecular weight is 313 g/mol. The van der Waals surface area contributed by atoms with Gasteiger partial charge in [-0.05, 0) is 12.0 Å². The Bertz CT molecular complexity index is 440. The van der Waals surface area contributed by atoms with Gasteiger partial charge in [0, 0.05) is 18.8 Å². The van der Waals surface area contributed by atoms with Gasteiger partial charge in [-0.1, -0.05) is 43.7 Å². The highest BCUT2D eigenvalue weighted by Gasteiger charge is 2.15. The van der Waals surface area contributed by atoms with E-state index in [1.807, 2.05) is 37.3 Å². The molecule has 0 unspecified atom stereocenters. The number of nitrogens with one attached hydrogen (secondary N) is 1. The monoisotopic (exact) mass is 312 g/mol. The van der Waals surface area contributed by atoms with Gasteiger partial charge >= 0.3 is 6.09 Å². The molecule has 0 saturated carbocycles. The molecule has 21 heavy (non-hydrogen) atoms. The van der Waals surface area contributed by atoms with Gasteiger partial charge in [0.1, 0.15) is 6.61 Å². The number of carbonyl (C=O) groups is 2. The van der Waals surface area contributed by atoms with Gasteiger partial charge in [-0.15, -0.1) is 11.6 Å². The third-order valence-electron chi connectivity index (χ3n) is 2.78. The van der Waals surface area contributed by atoms with Crippen LogP contribution in [-0.4, -0.2) is 29.4 Å². The van der Waals surface area contributed by atoms with Crippen LogP contribution in [0.15, 0.2) is 30.3 Å². The van der Waals surface area contributed by atoms with Gasteiger partial charge in [0.2, 0.25) is 5.91 Å². The molecule has 0 bridgehead atoms. The predicted molar refractivity (Wildman–Crippen MR) is 81.7 cm³/mol. The highest BCUT2D eigenvalue weighted by molar-refractivity contribution is 6.18. The third-order valence-corrected chi connectivity index (χ3v) is 2.97. The fourth-order valence-corrected chi connectivity index (χ4v) is 1.80. The molecule has 1 aromatic carbocycles. The number of carbonyl (C=O) groups excluding carboxylic acids is 2. The number of hydrogen-bond acceptors (Lipinski definition) is 3. The molecule has 0 spiro atoms. The van der Waals surface area contributed by atoms with E-state index in [1.54, 1.807) is 0 Å². The summed E-state index contributed by atoms with van der Waals surface area (Å²) < 4.78 is 5.09. The maximum atomic E-state index is 11.8. The Morgan fingerprint density at radius 3 is 2.62 bits per heavy atom. The van der Waals surface area contributed by atoms with E-state index >= 15 is 0 Å². The van der Waals surface area contributed by atoms with Crippen molar-refractivity contribution < 1.29 is 14.3 Å². The highest BCUT2D eigenvalue weighted by Crippen LogP contribution is 2.02. The molecular formula is C15H21ClN2O3. The van der Waals surface area contributed by atoms with E-state index in [4.69, 9.17) is 16.3 Å². The average Bonchev–Trinajstić information content (AvgIpc) is 2.50. The van der Waals surface area contributed by atoms with Crippen molar-refractivity contribution in [3.8, 4) is 0 Å². The summed E-state index contributed by atoms with van der Waals surface area (Å²) >= 11 is 5.56. The Kier molecular flexibility index (Phi) is 8.28. The van der Waals surface area contributed by atoms with Crippen LogP contribution in [0.4, 0.5) is 4.79 Å². The van der Waals surface area contributed by atoms with Crippen molar-refractivity contribution in [1.29, 1.82) is 0 Å². The molecule has 6 heteroatoms. The molecule has 0 fully saturated rings. The summed E-state index contributed by atoms with van der Waals surface area (Å²) in [6, 6.07) is 9.35. The molecule has 0 atom stereocenters. The van der Waals surface area contributed by atoms with Crippen LogP contribution in [0.3, 0.4) is 0 Å². The van der Waals surface area contributed by atoms with Crippen LogP contribution in [0.25, 0.3) is 0 Å². The summed E-state index contributed by atoms with van der Waals surface area (Å²) in [5.41, 5.74) is 3.36. The highest BCUT2D eigenvalue weighted by atomic mass is 35.5. The normalized spacial score (nSPS) is 10.0. The van der Waals surface area contributed by atoms with Crippen LogP contribution >= 0.6 is 11.6 Å². The summed E-state index contributed by atoms with van der Waals surface area (Å²) in [5.74, 6) is 0.0115. The van der Waals surface area contributed by atoms with Gasteiger partial charge in [0.05, 0.1) is 0 Å². The number of amides is 2. The molecule has 1 N–H and O–H groups in total. The first-order valence-electron chi connectivity index (χ1n) is 7.01. The van der Waals surface area contributed by atoms with E-state index in [0.717, 1.165) is 18.4 Å². The van der Waals surface area contributed by atoms with Gasteiger partial charge in [0.15, 0.2) is 0 Å². The van der Waals surface area contributed by atoms with Crippen molar-refractivity contribution >= 4 is 23.6 Å². The van der Waals surface area contributed by atoms with Crippen LogP contribution in [0.5, 0.6) is 0 Å². The van der Waals surface area contributed by atoms with Crippen molar-refractivity contribution in [2.75, 3.05) is 12.4 Å². The lowest BCUT2D eigenvalue weighted by Crippen LogP contribution is -2.47. The first-order valence-corrected chi connectivity index (χ1v) is 7.54. The predicted octanol–water partition coefficient (Wildman–Crippen LogP) is 3.09. The van der Waals surface area contributed by atoms with E-state index in [9.17, 15) is 9.59 Å². The molecule has 1 aromatic rings. The second-order valence-corrected chi connectivity index (χ2v) is 4.89. The van der Waals surface area contributed by atoms with Crippen molar-refractivity contribution in [3.63, 3.8) is 0 Å². The van der Waals surface area contributed by atoms with Crippen LogP contribution in [0, 0.1) is 0 Å². The molecule has 0 aliphatic rings. The van der Waals surface area contributed by atoms with Gasteiger partial charge in [-0.2, -0.15) is 0 Å². The van der Waals surface area contributed by atoms with Crippen molar-refractivity contribution in [3.05, 3.63) is 35.9 Å². The Labute approximate surface area is 130 Å². The summed E-state index contributed by atoms with van der Waals surface area (Å²) in [6.45, 7) is 2.63. The van der Waals surface area contributed by atoms with Gasteiger partial charge in [-0.3, -0.25) is 9.80 Å². The first kappa shape index (κ1) is 17.3. The number of benzene rings is 1. The van der Waals surface area contributed by atoms with Crippen LogP contribution in [0.1, 0.15) is 31.7 Å². The second kappa shape index (κ2) is 10.0. The molecular weight excluding hydrogens is 292 g/mol. The second-order valence-electron chi connectivity index (χ2n) is 4.51. The summed E-state index contributed by atoms with van der Waals surface area (Å²) in [7, 11) is 0. The molecule has 0 aliphatic carbocycles. The Hall–Kier alpha value is -1.75. The minimum Gasteiger partial charge on any atom is -0.443 e. The van der Waals surface area contributed by atoms with Crippen molar-refractivity contribution in [2.24, 2.45) is 0 Å². The first-order chi connectivity index (χ1) is 10.2. The zero-order chi connectivity index (χ0) is 15.5. The SMILES string of the molecule is CCCCN(NC(=O)OCc1ccccc1)C(=O)CCCl. The van der Waals surface area contributed by atoms with Gasteiger partial charge in [-0.25, -0.2) is 10.2 Å². The lowest BCUT2D eigenvalue weighted by Gasteiger charge is -2.22. The maximum Gasteiger partial charge on any atom is 0.426 e. The molecule has 1 rings (SSSR count). The topological polar surface area (TPSA) is 58.6 Å².